The van der Waals surface area contributed by atoms with E-state index in [-0.39, 0.29) is 5.60 Å². The van der Waals surface area contributed by atoms with E-state index in [2.05, 4.69) is 26.0 Å². The molecular formula is C24H32O2. The van der Waals surface area contributed by atoms with Crippen molar-refractivity contribution >= 4 is 5.78 Å². The summed E-state index contributed by atoms with van der Waals surface area (Å²) in [4.78, 5) is 12.0. The first-order valence-electron chi connectivity index (χ1n) is 11.2. The maximum absolute atomic E-state index is 12.0. The van der Waals surface area contributed by atoms with Crippen LogP contribution in [-0.2, 0) is 9.53 Å². The molecule has 1 aliphatic heterocycles. The quantitative estimate of drug-likeness (QED) is 0.615. The van der Waals surface area contributed by atoms with Gasteiger partial charge < -0.3 is 4.74 Å². The van der Waals surface area contributed by atoms with Crippen molar-refractivity contribution in [2.75, 3.05) is 6.61 Å². The number of carbonyl (C=O) groups is 1. The minimum absolute atomic E-state index is 0.0684. The van der Waals surface area contributed by atoms with E-state index in [0.29, 0.717) is 11.2 Å². The van der Waals surface area contributed by atoms with Gasteiger partial charge in [0.15, 0.2) is 0 Å². The highest BCUT2D eigenvalue weighted by Crippen LogP contribution is 2.78. The molecule has 2 nitrogen and oxygen atoms in total. The van der Waals surface area contributed by atoms with Crippen molar-refractivity contribution in [3.63, 3.8) is 0 Å². The zero-order chi connectivity index (χ0) is 17.7. The van der Waals surface area contributed by atoms with Crippen LogP contribution in [0.15, 0.2) is 23.3 Å². The van der Waals surface area contributed by atoms with E-state index < -0.39 is 0 Å². The van der Waals surface area contributed by atoms with Crippen molar-refractivity contribution in [2.24, 2.45) is 40.9 Å². The molecule has 6 aliphatic rings. The molecule has 0 aromatic heterocycles. The Morgan fingerprint density at radius 1 is 1.31 bits per heavy atom. The summed E-state index contributed by atoms with van der Waals surface area (Å²) in [6.07, 6.45) is 14.0. The maximum Gasteiger partial charge on any atom is 0.137 e. The molecule has 5 aliphatic carbocycles. The fourth-order valence-corrected chi connectivity index (χ4v) is 8.93. The van der Waals surface area contributed by atoms with E-state index in [4.69, 9.17) is 4.74 Å². The second-order valence-electron chi connectivity index (χ2n) is 10.3. The summed E-state index contributed by atoms with van der Waals surface area (Å²) in [5, 5.41) is 0. The van der Waals surface area contributed by atoms with Crippen molar-refractivity contribution in [3.05, 3.63) is 23.3 Å². The molecule has 140 valence electrons. The van der Waals surface area contributed by atoms with Gasteiger partial charge in [0.25, 0.3) is 0 Å². The van der Waals surface area contributed by atoms with Crippen molar-refractivity contribution in [3.8, 4) is 0 Å². The van der Waals surface area contributed by atoms with Gasteiger partial charge in [-0.3, -0.25) is 4.79 Å². The van der Waals surface area contributed by atoms with Crippen molar-refractivity contribution in [1.82, 2.24) is 0 Å². The summed E-state index contributed by atoms with van der Waals surface area (Å²) in [6, 6.07) is 0. The lowest BCUT2D eigenvalue weighted by Crippen LogP contribution is -2.56. The van der Waals surface area contributed by atoms with Crippen LogP contribution in [0, 0.1) is 40.9 Å². The highest BCUT2D eigenvalue weighted by atomic mass is 16.5. The Morgan fingerprint density at radius 2 is 2.19 bits per heavy atom. The van der Waals surface area contributed by atoms with Gasteiger partial charge in [0.05, 0.1) is 12.2 Å². The van der Waals surface area contributed by atoms with Gasteiger partial charge in [0.2, 0.25) is 0 Å². The van der Waals surface area contributed by atoms with Crippen LogP contribution in [0.4, 0.5) is 0 Å². The Bertz CT molecular complexity index is 732. The molecule has 0 amide bonds. The van der Waals surface area contributed by atoms with Crippen molar-refractivity contribution in [1.29, 1.82) is 0 Å². The highest BCUT2D eigenvalue weighted by molar-refractivity contribution is 5.82. The van der Waals surface area contributed by atoms with E-state index >= 15 is 0 Å². The summed E-state index contributed by atoms with van der Waals surface area (Å²) in [5.41, 5.74) is 3.74. The molecule has 26 heavy (non-hydrogen) atoms. The molecule has 0 radical (unpaired) electrons. The second-order valence-corrected chi connectivity index (χ2v) is 10.3. The monoisotopic (exact) mass is 352 g/mol. The summed E-state index contributed by atoms with van der Waals surface area (Å²) in [5.74, 6) is 5.37. The molecule has 0 aromatic rings. The first kappa shape index (κ1) is 16.1. The van der Waals surface area contributed by atoms with Gasteiger partial charge in [-0.2, -0.15) is 0 Å². The van der Waals surface area contributed by atoms with Crippen LogP contribution >= 0.6 is 0 Å². The standard InChI is InChI=1S/C24H32O2/c1-3-23-9-7-18-17-6-5-16(25)12-15(17)11-14(2)21(18)22(23)19-13-20(19)24(23)8-4-10-26-24/h4,8,14,18-22H,3,5-7,9-13H2,1-2H3/t14-,18-,19-,20+,21-,22+,23+,24+/m1/s1. The number of fused-ring (bicyclic) bond motifs is 8. The Kier molecular flexibility index (Phi) is 3.18. The van der Waals surface area contributed by atoms with Gasteiger partial charge in [0.1, 0.15) is 5.78 Å². The zero-order valence-corrected chi connectivity index (χ0v) is 16.3. The highest BCUT2D eigenvalue weighted by Gasteiger charge is 2.77. The minimum atomic E-state index is 0.0684. The Labute approximate surface area is 157 Å². The molecule has 0 N–H and O–H groups in total. The number of rotatable bonds is 1. The van der Waals surface area contributed by atoms with Crippen LogP contribution in [-0.4, -0.2) is 18.0 Å². The Morgan fingerprint density at radius 3 is 2.96 bits per heavy atom. The van der Waals surface area contributed by atoms with Crippen LogP contribution in [0.2, 0.25) is 0 Å². The Balaban J connectivity index is 1.44. The molecule has 0 saturated heterocycles. The number of hydrogen-bond acceptors (Lipinski definition) is 2. The summed E-state index contributed by atoms with van der Waals surface area (Å²) in [7, 11) is 0. The van der Waals surface area contributed by atoms with Crippen molar-refractivity contribution < 1.29 is 9.53 Å². The lowest BCUT2D eigenvalue weighted by molar-refractivity contribution is -0.140. The third-order valence-corrected chi connectivity index (χ3v) is 9.67. The normalized spacial score (nSPS) is 54.2. The molecule has 1 heterocycles. The molecule has 0 aromatic carbocycles. The summed E-state index contributed by atoms with van der Waals surface area (Å²) < 4.78 is 6.59. The van der Waals surface area contributed by atoms with Crippen LogP contribution in [0.5, 0.6) is 0 Å². The fraction of sp³-hybridized carbons (Fsp3) is 0.792. The van der Waals surface area contributed by atoms with E-state index in [9.17, 15) is 4.79 Å². The minimum Gasteiger partial charge on any atom is -0.366 e. The lowest BCUT2D eigenvalue weighted by atomic mass is 9.47. The molecule has 6 rings (SSSR count). The van der Waals surface area contributed by atoms with Gasteiger partial charge in [0, 0.05) is 18.3 Å². The van der Waals surface area contributed by atoms with Crippen LogP contribution in [0.25, 0.3) is 0 Å². The molecule has 0 unspecified atom stereocenters. The average Bonchev–Trinajstić information content (AvgIpc) is 3.21. The zero-order valence-electron chi connectivity index (χ0n) is 16.3. The first-order chi connectivity index (χ1) is 12.6. The molecule has 2 heteroatoms. The topological polar surface area (TPSA) is 26.3 Å². The predicted molar refractivity (Wildman–Crippen MR) is 102 cm³/mol. The molecule has 3 saturated carbocycles. The number of allylic oxidation sites excluding steroid dienone is 2. The van der Waals surface area contributed by atoms with E-state index in [0.717, 1.165) is 61.4 Å². The van der Waals surface area contributed by atoms with Crippen LogP contribution < -0.4 is 0 Å². The summed E-state index contributed by atoms with van der Waals surface area (Å²) in [6.45, 7) is 5.77. The second kappa shape index (κ2) is 5.13. The first-order valence-corrected chi connectivity index (χ1v) is 11.2. The number of ketones is 1. The van der Waals surface area contributed by atoms with Crippen LogP contribution in [0.3, 0.4) is 0 Å². The largest absolute Gasteiger partial charge is 0.366 e. The number of carbonyl (C=O) groups excluding carboxylic acids is 1. The van der Waals surface area contributed by atoms with Gasteiger partial charge >= 0.3 is 0 Å². The third kappa shape index (κ3) is 1.72. The average molecular weight is 353 g/mol. The molecule has 3 fully saturated rings. The molecular weight excluding hydrogens is 320 g/mol. The third-order valence-electron chi connectivity index (χ3n) is 9.67. The van der Waals surface area contributed by atoms with E-state index in [1.54, 1.807) is 11.1 Å². The number of ether oxygens (including phenoxy) is 1. The SMILES string of the molecule is CC[C@]12CC[C@@H]3C4=C(CC(=O)CC4)C[C@@H](C)[C@H]3[C@@H]1[C@@H]1C[C@@H]1[C@@]21C=CCO1. The lowest BCUT2D eigenvalue weighted by Gasteiger charge is -2.58. The fourth-order valence-electron chi connectivity index (χ4n) is 8.93. The van der Waals surface area contributed by atoms with E-state index in [1.807, 2.05) is 0 Å². The number of hydrogen-bond donors (Lipinski definition) is 0. The Hall–Kier alpha value is -0.890. The molecule has 8 atom stereocenters. The van der Waals surface area contributed by atoms with E-state index in [1.165, 1.54) is 32.1 Å². The van der Waals surface area contributed by atoms with Gasteiger partial charge in [-0.05, 0) is 74.0 Å². The van der Waals surface area contributed by atoms with Gasteiger partial charge in [-0.15, -0.1) is 0 Å². The van der Waals surface area contributed by atoms with Crippen LogP contribution in [0.1, 0.15) is 65.2 Å². The molecule has 0 bridgehead atoms. The smallest absolute Gasteiger partial charge is 0.137 e. The summed E-state index contributed by atoms with van der Waals surface area (Å²) >= 11 is 0. The van der Waals surface area contributed by atoms with Gasteiger partial charge in [-0.1, -0.05) is 37.1 Å². The van der Waals surface area contributed by atoms with Crippen molar-refractivity contribution in [2.45, 2.75) is 70.8 Å². The van der Waals surface area contributed by atoms with Gasteiger partial charge in [-0.25, -0.2) is 0 Å². The number of Topliss-reactive ketones (excluding diaryl/α,β-unsaturated/α-hetero) is 1. The molecule has 1 spiro atoms. The maximum atomic E-state index is 12.0. The predicted octanol–water partition coefficient (Wildman–Crippen LogP) is 5.09.